The van der Waals surface area contributed by atoms with E-state index in [-0.39, 0.29) is 24.9 Å². The minimum Gasteiger partial charge on any atom is -0.357 e. The van der Waals surface area contributed by atoms with Crippen LogP contribution in [-0.4, -0.2) is 39.9 Å². The van der Waals surface area contributed by atoms with Gasteiger partial charge >= 0.3 is 6.03 Å². The van der Waals surface area contributed by atoms with Gasteiger partial charge in [-0.15, -0.1) is 0 Å². The summed E-state index contributed by atoms with van der Waals surface area (Å²) in [6, 6.07) is 17.5. The summed E-state index contributed by atoms with van der Waals surface area (Å²) >= 11 is 0. The number of para-hydroxylation sites is 1. The van der Waals surface area contributed by atoms with Crippen LogP contribution in [0.15, 0.2) is 60.8 Å². The summed E-state index contributed by atoms with van der Waals surface area (Å²) in [7, 11) is 0. The number of nitrogens with one attached hydrogen (secondary N) is 3. The monoisotopic (exact) mass is 413 g/mol. The van der Waals surface area contributed by atoms with Crippen LogP contribution in [0.4, 0.5) is 10.5 Å². The Balaban J connectivity index is 1.15. The molecule has 0 radical (unpaired) electrons. The number of aromatic nitrogens is 2. The maximum atomic E-state index is 12.6. The molecule has 5 rings (SSSR count). The number of carbonyl (C=O) groups excluding carboxylic acids is 2. The van der Waals surface area contributed by atoms with E-state index < -0.39 is 0 Å². The summed E-state index contributed by atoms with van der Waals surface area (Å²) < 4.78 is 0. The second kappa shape index (κ2) is 8.10. The second-order valence-electron chi connectivity index (χ2n) is 7.71. The molecule has 0 saturated carbocycles. The van der Waals surface area contributed by atoms with Crippen LogP contribution in [0.2, 0.25) is 0 Å². The molecule has 7 heteroatoms. The highest BCUT2D eigenvalue weighted by atomic mass is 16.2. The SMILES string of the molecule is O=C(CCNC(=O)N1CCc2c([nH]c3ccccc23)C1)Nc1cccc2ncccc12. The molecule has 0 atom stereocenters. The Hall–Kier alpha value is -3.87. The molecule has 3 heterocycles. The molecule has 3 N–H and O–H groups in total. The van der Waals surface area contributed by atoms with Crippen molar-refractivity contribution in [2.75, 3.05) is 18.4 Å². The van der Waals surface area contributed by atoms with Crippen LogP contribution in [0, 0.1) is 0 Å². The molecule has 0 unspecified atom stereocenters. The lowest BCUT2D eigenvalue weighted by molar-refractivity contribution is -0.116. The first-order valence-electron chi connectivity index (χ1n) is 10.4. The molecule has 0 saturated heterocycles. The molecule has 0 bridgehead atoms. The van der Waals surface area contributed by atoms with Gasteiger partial charge in [-0.2, -0.15) is 0 Å². The van der Waals surface area contributed by atoms with Gasteiger partial charge in [-0.05, 0) is 42.3 Å². The van der Waals surface area contributed by atoms with Gasteiger partial charge in [0.1, 0.15) is 0 Å². The van der Waals surface area contributed by atoms with E-state index in [0.717, 1.165) is 34.2 Å². The van der Waals surface area contributed by atoms with Gasteiger partial charge < -0.3 is 20.5 Å². The average molecular weight is 413 g/mol. The number of fused-ring (bicyclic) bond motifs is 4. The van der Waals surface area contributed by atoms with Crippen LogP contribution in [0.3, 0.4) is 0 Å². The Morgan fingerprint density at radius 1 is 1.03 bits per heavy atom. The van der Waals surface area contributed by atoms with Crippen molar-refractivity contribution in [2.45, 2.75) is 19.4 Å². The minimum atomic E-state index is -0.147. The number of benzene rings is 2. The number of H-pyrrole nitrogens is 1. The number of anilines is 1. The summed E-state index contributed by atoms with van der Waals surface area (Å²) in [6.07, 6.45) is 2.75. The molecule has 2 aromatic carbocycles. The molecule has 0 spiro atoms. The van der Waals surface area contributed by atoms with Crippen molar-refractivity contribution in [3.63, 3.8) is 0 Å². The number of pyridine rings is 1. The van der Waals surface area contributed by atoms with Gasteiger partial charge in [0.25, 0.3) is 0 Å². The summed E-state index contributed by atoms with van der Waals surface area (Å²) in [5, 5.41) is 7.92. The number of urea groups is 1. The van der Waals surface area contributed by atoms with E-state index in [9.17, 15) is 9.59 Å². The summed E-state index contributed by atoms with van der Waals surface area (Å²) in [5.74, 6) is -0.145. The van der Waals surface area contributed by atoms with E-state index in [1.54, 1.807) is 11.1 Å². The van der Waals surface area contributed by atoms with Gasteiger partial charge in [-0.3, -0.25) is 9.78 Å². The van der Waals surface area contributed by atoms with Crippen molar-refractivity contribution >= 4 is 39.4 Å². The number of aromatic amines is 1. The van der Waals surface area contributed by atoms with E-state index in [1.807, 2.05) is 42.5 Å². The normalized spacial score (nSPS) is 13.2. The van der Waals surface area contributed by atoms with Gasteiger partial charge in [0.05, 0.1) is 17.7 Å². The first-order valence-corrected chi connectivity index (χ1v) is 10.4. The lowest BCUT2D eigenvalue weighted by Crippen LogP contribution is -2.43. The standard InChI is InChI=1S/C24H23N5O2/c30-23(28-21-9-3-8-19-18(21)6-4-12-25-19)10-13-26-24(31)29-14-11-17-16-5-1-2-7-20(16)27-22(17)15-29/h1-9,12,27H,10-11,13-15H2,(H,26,31)(H,28,30). The second-order valence-corrected chi connectivity index (χ2v) is 7.71. The van der Waals surface area contributed by atoms with Gasteiger partial charge in [0.15, 0.2) is 0 Å². The number of amides is 3. The maximum Gasteiger partial charge on any atom is 0.317 e. The summed E-state index contributed by atoms with van der Waals surface area (Å²) in [5.41, 5.74) is 5.04. The first-order chi connectivity index (χ1) is 15.2. The molecule has 2 aromatic heterocycles. The predicted octanol–water partition coefficient (Wildman–Crippen LogP) is 3.81. The van der Waals surface area contributed by atoms with Gasteiger partial charge in [0, 0.05) is 47.7 Å². The lowest BCUT2D eigenvalue weighted by atomic mass is 10.0. The highest BCUT2D eigenvalue weighted by Crippen LogP contribution is 2.27. The Bertz CT molecular complexity index is 1270. The predicted molar refractivity (Wildman–Crippen MR) is 121 cm³/mol. The number of hydrogen-bond donors (Lipinski definition) is 3. The van der Waals surface area contributed by atoms with E-state index in [0.29, 0.717) is 13.1 Å². The highest BCUT2D eigenvalue weighted by Gasteiger charge is 2.23. The largest absolute Gasteiger partial charge is 0.357 e. The lowest BCUT2D eigenvalue weighted by Gasteiger charge is -2.27. The summed E-state index contributed by atoms with van der Waals surface area (Å²) in [4.78, 5) is 34.5. The van der Waals surface area contributed by atoms with E-state index in [4.69, 9.17) is 0 Å². The van der Waals surface area contributed by atoms with Crippen LogP contribution < -0.4 is 10.6 Å². The molecule has 1 aliphatic heterocycles. The fourth-order valence-electron chi connectivity index (χ4n) is 4.19. The Kier molecular flexibility index (Phi) is 5.00. The van der Waals surface area contributed by atoms with Crippen LogP contribution in [0.5, 0.6) is 0 Å². The first kappa shape index (κ1) is 19.1. The van der Waals surface area contributed by atoms with Crippen molar-refractivity contribution in [3.8, 4) is 0 Å². The third-order valence-corrected chi connectivity index (χ3v) is 5.72. The number of carbonyl (C=O) groups is 2. The van der Waals surface area contributed by atoms with Crippen LogP contribution in [-0.2, 0) is 17.8 Å². The van der Waals surface area contributed by atoms with Crippen molar-refractivity contribution < 1.29 is 9.59 Å². The van der Waals surface area contributed by atoms with E-state index >= 15 is 0 Å². The molecule has 7 nitrogen and oxygen atoms in total. The van der Waals surface area contributed by atoms with Crippen molar-refractivity contribution in [1.82, 2.24) is 20.2 Å². The van der Waals surface area contributed by atoms with E-state index in [2.05, 4.69) is 32.7 Å². The van der Waals surface area contributed by atoms with E-state index in [1.165, 1.54) is 10.9 Å². The molecule has 0 aliphatic carbocycles. The van der Waals surface area contributed by atoms with Crippen molar-refractivity contribution in [1.29, 1.82) is 0 Å². The van der Waals surface area contributed by atoms with Gasteiger partial charge in [-0.1, -0.05) is 24.3 Å². The molecule has 1 aliphatic rings. The zero-order chi connectivity index (χ0) is 21.2. The quantitative estimate of drug-likeness (QED) is 0.475. The molecule has 0 fully saturated rings. The topological polar surface area (TPSA) is 90.1 Å². The number of hydrogen-bond acceptors (Lipinski definition) is 3. The Morgan fingerprint density at radius 3 is 2.84 bits per heavy atom. The minimum absolute atomic E-state index is 0.145. The Labute approximate surface area is 179 Å². The maximum absolute atomic E-state index is 12.6. The average Bonchev–Trinajstić information content (AvgIpc) is 3.17. The number of nitrogens with zero attached hydrogens (tertiary/aromatic N) is 2. The van der Waals surface area contributed by atoms with Crippen LogP contribution in [0.25, 0.3) is 21.8 Å². The third-order valence-electron chi connectivity index (χ3n) is 5.72. The molecule has 31 heavy (non-hydrogen) atoms. The highest BCUT2D eigenvalue weighted by molar-refractivity contribution is 6.01. The van der Waals surface area contributed by atoms with Crippen LogP contribution in [0.1, 0.15) is 17.7 Å². The molecule has 156 valence electrons. The molecule has 3 amide bonds. The van der Waals surface area contributed by atoms with Crippen molar-refractivity contribution in [2.24, 2.45) is 0 Å². The summed E-state index contributed by atoms with van der Waals surface area (Å²) in [6.45, 7) is 1.49. The molecular weight excluding hydrogens is 390 g/mol. The van der Waals surface area contributed by atoms with Gasteiger partial charge in [0.2, 0.25) is 5.91 Å². The zero-order valence-corrected chi connectivity index (χ0v) is 17.0. The fraction of sp³-hybridized carbons (Fsp3) is 0.208. The van der Waals surface area contributed by atoms with Crippen LogP contribution >= 0.6 is 0 Å². The van der Waals surface area contributed by atoms with Gasteiger partial charge in [-0.25, -0.2) is 4.79 Å². The zero-order valence-electron chi connectivity index (χ0n) is 17.0. The smallest absolute Gasteiger partial charge is 0.317 e. The molecule has 4 aromatic rings. The molecular formula is C24H23N5O2. The third kappa shape index (κ3) is 3.82. The van der Waals surface area contributed by atoms with Crippen molar-refractivity contribution in [3.05, 3.63) is 72.1 Å². The Morgan fingerprint density at radius 2 is 1.90 bits per heavy atom. The fourth-order valence-corrected chi connectivity index (χ4v) is 4.19. The number of rotatable bonds is 4.